The topological polar surface area (TPSA) is 72.5 Å². The van der Waals surface area contributed by atoms with Gasteiger partial charge in [0.2, 0.25) is 0 Å². The average molecular weight is 424 g/mol. The van der Waals surface area contributed by atoms with Crippen LogP contribution in [0.25, 0.3) is 11.1 Å². The van der Waals surface area contributed by atoms with Crippen molar-refractivity contribution in [2.45, 2.75) is 12.5 Å². The molecule has 1 saturated heterocycles. The molecule has 1 heterocycles. The van der Waals surface area contributed by atoms with Crippen molar-refractivity contribution < 1.29 is 17.9 Å². The second kappa shape index (κ2) is 7.58. The van der Waals surface area contributed by atoms with Crippen LogP contribution in [0.4, 0.5) is 0 Å². The first kappa shape index (κ1) is 17.9. The molecule has 1 amide bonds. The Morgan fingerprint density at radius 2 is 1.68 bits per heavy atom. The smallest absolute Gasteiger partial charge is 0.258 e. The number of sulfone groups is 1. The van der Waals surface area contributed by atoms with Gasteiger partial charge in [0.1, 0.15) is 5.75 Å². The normalized spacial score (nSPS) is 18.7. The third kappa shape index (κ3) is 5.06. The van der Waals surface area contributed by atoms with Gasteiger partial charge in [-0.2, -0.15) is 0 Å². The maximum absolute atomic E-state index is 11.9. The average Bonchev–Trinajstić information content (AvgIpc) is 2.93. The number of nitrogens with one attached hydrogen (secondary N) is 1. The summed E-state index contributed by atoms with van der Waals surface area (Å²) in [6.07, 6.45) is 0.468. The van der Waals surface area contributed by atoms with E-state index < -0.39 is 9.84 Å². The number of benzene rings is 2. The molecule has 7 heteroatoms. The van der Waals surface area contributed by atoms with Gasteiger partial charge in [-0.15, -0.1) is 0 Å². The van der Waals surface area contributed by atoms with Crippen LogP contribution in [0.3, 0.4) is 0 Å². The van der Waals surface area contributed by atoms with E-state index in [-0.39, 0.29) is 30.1 Å². The summed E-state index contributed by atoms with van der Waals surface area (Å²) in [7, 11) is -3.00. The van der Waals surface area contributed by atoms with Gasteiger partial charge in [-0.05, 0) is 41.8 Å². The number of ether oxygens (including phenoxy) is 1. The number of rotatable bonds is 5. The van der Waals surface area contributed by atoms with Crippen LogP contribution in [0.2, 0.25) is 0 Å². The molecule has 2 aromatic carbocycles. The molecule has 1 aliphatic rings. The molecule has 25 heavy (non-hydrogen) atoms. The predicted molar refractivity (Wildman–Crippen MR) is 100 cm³/mol. The molecule has 0 aliphatic carbocycles. The van der Waals surface area contributed by atoms with Crippen molar-refractivity contribution in [2.75, 3.05) is 18.1 Å². The highest BCUT2D eigenvalue weighted by molar-refractivity contribution is 9.10. The molecule has 0 saturated carbocycles. The van der Waals surface area contributed by atoms with E-state index in [4.69, 9.17) is 4.74 Å². The molecule has 1 N–H and O–H groups in total. The van der Waals surface area contributed by atoms with Crippen LogP contribution in [-0.4, -0.2) is 38.5 Å². The Kier molecular flexibility index (Phi) is 5.44. The van der Waals surface area contributed by atoms with Gasteiger partial charge in [0.15, 0.2) is 16.4 Å². The Morgan fingerprint density at radius 3 is 2.24 bits per heavy atom. The third-order valence-corrected chi connectivity index (χ3v) is 6.30. The van der Waals surface area contributed by atoms with E-state index in [1.54, 1.807) is 0 Å². The van der Waals surface area contributed by atoms with Crippen LogP contribution < -0.4 is 10.1 Å². The molecule has 0 spiro atoms. The van der Waals surface area contributed by atoms with Crippen LogP contribution in [0.5, 0.6) is 5.75 Å². The van der Waals surface area contributed by atoms with Crippen molar-refractivity contribution in [3.63, 3.8) is 0 Å². The lowest BCUT2D eigenvalue weighted by atomic mass is 10.1. The Balaban J connectivity index is 1.51. The summed E-state index contributed by atoms with van der Waals surface area (Å²) in [4.78, 5) is 11.9. The van der Waals surface area contributed by atoms with Gasteiger partial charge in [-0.3, -0.25) is 4.79 Å². The lowest BCUT2D eigenvalue weighted by Gasteiger charge is -2.12. The summed E-state index contributed by atoms with van der Waals surface area (Å²) < 4.78 is 29.3. The molecular weight excluding hydrogens is 406 g/mol. The van der Waals surface area contributed by atoms with Gasteiger partial charge < -0.3 is 10.1 Å². The van der Waals surface area contributed by atoms with Gasteiger partial charge >= 0.3 is 0 Å². The lowest BCUT2D eigenvalue weighted by Crippen LogP contribution is -2.38. The molecule has 1 aliphatic heterocycles. The van der Waals surface area contributed by atoms with E-state index in [2.05, 4.69) is 21.2 Å². The van der Waals surface area contributed by atoms with E-state index in [0.717, 1.165) is 15.6 Å². The van der Waals surface area contributed by atoms with Crippen LogP contribution in [0, 0.1) is 0 Å². The zero-order chi connectivity index (χ0) is 17.9. The second-order valence-corrected chi connectivity index (χ2v) is 9.13. The summed E-state index contributed by atoms with van der Waals surface area (Å²) in [6.45, 7) is -0.131. The Bertz CT molecular complexity index is 848. The predicted octanol–water partition coefficient (Wildman–Crippen LogP) is 2.80. The van der Waals surface area contributed by atoms with E-state index in [1.165, 1.54) is 0 Å². The quantitative estimate of drug-likeness (QED) is 0.802. The summed E-state index contributed by atoms with van der Waals surface area (Å²) in [5.74, 6) is 0.436. The number of carbonyl (C=O) groups excluding carboxylic acids is 1. The van der Waals surface area contributed by atoms with E-state index in [9.17, 15) is 13.2 Å². The minimum absolute atomic E-state index is 0.0145. The highest BCUT2D eigenvalue weighted by atomic mass is 79.9. The SMILES string of the molecule is O=C(COc1ccc(-c2ccc(Br)cc2)cc1)NC1CCS(=O)(=O)C1. The molecule has 0 radical (unpaired) electrons. The summed E-state index contributed by atoms with van der Waals surface area (Å²) in [6, 6.07) is 15.2. The third-order valence-electron chi connectivity index (χ3n) is 4.00. The van der Waals surface area contributed by atoms with E-state index in [1.807, 2.05) is 48.5 Å². The fraction of sp³-hybridized carbons (Fsp3) is 0.278. The summed E-state index contributed by atoms with van der Waals surface area (Å²) in [5, 5.41) is 2.70. The lowest BCUT2D eigenvalue weighted by molar-refractivity contribution is -0.123. The first-order valence-corrected chi connectivity index (χ1v) is 10.5. The number of hydrogen-bond acceptors (Lipinski definition) is 4. The number of amides is 1. The van der Waals surface area contributed by atoms with Gasteiger partial charge in [0.05, 0.1) is 11.5 Å². The maximum atomic E-state index is 11.9. The Hall–Kier alpha value is -1.86. The molecular formula is C18H18BrNO4S. The minimum atomic E-state index is -3.00. The van der Waals surface area contributed by atoms with Crippen molar-refractivity contribution >= 4 is 31.7 Å². The molecule has 2 aromatic rings. The van der Waals surface area contributed by atoms with Crippen LogP contribution in [0.1, 0.15) is 6.42 Å². The van der Waals surface area contributed by atoms with Gasteiger partial charge in [0, 0.05) is 10.5 Å². The monoisotopic (exact) mass is 423 g/mol. The highest BCUT2D eigenvalue weighted by Gasteiger charge is 2.28. The molecule has 1 fully saturated rings. The van der Waals surface area contributed by atoms with Crippen LogP contribution >= 0.6 is 15.9 Å². The minimum Gasteiger partial charge on any atom is -0.484 e. The summed E-state index contributed by atoms with van der Waals surface area (Å²) in [5.41, 5.74) is 2.15. The molecule has 1 unspecified atom stereocenters. The van der Waals surface area contributed by atoms with Crippen molar-refractivity contribution in [1.82, 2.24) is 5.32 Å². The van der Waals surface area contributed by atoms with Crippen molar-refractivity contribution in [1.29, 1.82) is 0 Å². The molecule has 0 bridgehead atoms. The van der Waals surface area contributed by atoms with Crippen molar-refractivity contribution in [3.8, 4) is 16.9 Å². The standard InChI is InChI=1S/C18H18BrNO4S/c19-15-5-1-13(2-6-15)14-3-7-17(8-4-14)24-11-18(21)20-16-9-10-25(22,23)12-16/h1-8,16H,9-12H2,(H,20,21). The molecule has 5 nitrogen and oxygen atoms in total. The zero-order valence-corrected chi connectivity index (χ0v) is 15.8. The largest absolute Gasteiger partial charge is 0.484 e. The zero-order valence-electron chi connectivity index (χ0n) is 13.4. The van der Waals surface area contributed by atoms with Crippen molar-refractivity contribution in [3.05, 3.63) is 53.0 Å². The fourth-order valence-corrected chi connectivity index (χ4v) is 4.65. The molecule has 3 rings (SSSR count). The fourth-order valence-electron chi connectivity index (χ4n) is 2.71. The highest BCUT2D eigenvalue weighted by Crippen LogP contribution is 2.24. The maximum Gasteiger partial charge on any atom is 0.258 e. The molecule has 132 valence electrons. The molecule has 1 atom stereocenters. The first-order chi connectivity index (χ1) is 11.9. The van der Waals surface area contributed by atoms with E-state index in [0.29, 0.717) is 12.2 Å². The Labute approximate surface area is 155 Å². The van der Waals surface area contributed by atoms with Gasteiger partial charge in [-0.1, -0.05) is 40.2 Å². The van der Waals surface area contributed by atoms with Gasteiger partial charge in [0.25, 0.3) is 5.91 Å². The van der Waals surface area contributed by atoms with Crippen molar-refractivity contribution in [2.24, 2.45) is 0 Å². The van der Waals surface area contributed by atoms with Gasteiger partial charge in [-0.25, -0.2) is 8.42 Å². The number of halogens is 1. The van der Waals surface area contributed by atoms with Crippen LogP contribution in [-0.2, 0) is 14.6 Å². The van der Waals surface area contributed by atoms with Crippen LogP contribution in [0.15, 0.2) is 53.0 Å². The number of carbonyl (C=O) groups is 1. The van der Waals surface area contributed by atoms with E-state index >= 15 is 0 Å². The number of hydrogen-bond donors (Lipinski definition) is 1. The molecule has 0 aromatic heterocycles. The first-order valence-electron chi connectivity index (χ1n) is 7.90. The summed E-state index contributed by atoms with van der Waals surface area (Å²) >= 11 is 3.41. The second-order valence-electron chi connectivity index (χ2n) is 5.99. The Morgan fingerprint density at radius 1 is 1.08 bits per heavy atom.